The molecule has 1 aromatic carbocycles. The number of thiazole rings is 1. The van der Waals surface area contributed by atoms with Crippen LogP contribution in [0, 0.1) is 0 Å². The zero-order valence-corrected chi connectivity index (χ0v) is 15.1. The van der Waals surface area contributed by atoms with Crippen LogP contribution < -0.4 is 10.1 Å². The zero-order chi connectivity index (χ0) is 16.8. The van der Waals surface area contributed by atoms with Gasteiger partial charge in [-0.2, -0.15) is 11.3 Å². The zero-order valence-electron chi connectivity index (χ0n) is 13.4. The second-order valence-corrected chi connectivity index (χ2v) is 7.15. The predicted molar refractivity (Wildman–Crippen MR) is 98.6 cm³/mol. The maximum absolute atomic E-state index is 9.47. The first-order valence-corrected chi connectivity index (χ1v) is 9.53. The average molecular weight is 361 g/mol. The van der Waals surface area contributed by atoms with Crippen molar-refractivity contribution in [2.24, 2.45) is 0 Å². The first-order chi connectivity index (χ1) is 11.8. The Morgan fingerprint density at radius 3 is 2.83 bits per heavy atom. The van der Waals surface area contributed by atoms with E-state index in [-0.39, 0.29) is 12.6 Å². The maximum atomic E-state index is 9.47. The minimum absolute atomic E-state index is 0.0260. The molecule has 0 fully saturated rings. The van der Waals surface area contributed by atoms with E-state index in [2.05, 4.69) is 27.1 Å². The van der Waals surface area contributed by atoms with E-state index >= 15 is 0 Å². The van der Waals surface area contributed by atoms with E-state index in [0.29, 0.717) is 6.54 Å². The van der Waals surface area contributed by atoms with E-state index in [9.17, 15) is 5.11 Å². The first kappa shape index (κ1) is 17.1. The number of aromatic nitrogens is 1. The highest BCUT2D eigenvalue weighted by Crippen LogP contribution is 2.24. The highest BCUT2D eigenvalue weighted by Gasteiger charge is 2.15. The van der Waals surface area contributed by atoms with Gasteiger partial charge in [0.25, 0.3) is 0 Å². The van der Waals surface area contributed by atoms with E-state index < -0.39 is 0 Å². The predicted octanol–water partition coefficient (Wildman–Crippen LogP) is 3.78. The van der Waals surface area contributed by atoms with Gasteiger partial charge in [-0.05, 0) is 46.5 Å². The molecule has 0 radical (unpaired) electrons. The molecule has 0 saturated heterocycles. The van der Waals surface area contributed by atoms with Gasteiger partial charge in [-0.1, -0.05) is 6.07 Å². The number of methoxy groups -OCH3 is 1. The number of aliphatic hydroxyl groups is 1. The van der Waals surface area contributed by atoms with Gasteiger partial charge < -0.3 is 15.2 Å². The molecule has 3 aromatic rings. The molecule has 3 rings (SSSR count). The molecular formula is C18H20N2O2S2. The fraction of sp³-hybridized carbons (Fsp3) is 0.278. The largest absolute Gasteiger partial charge is 0.496 e. The van der Waals surface area contributed by atoms with Crippen LogP contribution in [0.1, 0.15) is 27.7 Å². The van der Waals surface area contributed by atoms with Gasteiger partial charge in [-0.25, -0.2) is 4.98 Å². The van der Waals surface area contributed by atoms with Gasteiger partial charge in [-0.15, -0.1) is 11.3 Å². The SMILES string of the molecule is COc1ccc(CNC(Cc2ccsc2)c2nccs2)cc1CO. The fourth-order valence-corrected chi connectivity index (χ4v) is 4.00. The summed E-state index contributed by atoms with van der Waals surface area (Å²) in [6.45, 7) is 0.688. The molecule has 2 heterocycles. The lowest BCUT2D eigenvalue weighted by Crippen LogP contribution is -2.22. The van der Waals surface area contributed by atoms with Gasteiger partial charge in [0, 0.05) is 23.7 Å². The number of hydrogen-bond acceptors (Lipinski definition) is 6. The van der Waals surface area contributed by atoms with Crippen molar-refractivity contribution < 1.29 is 9.84 Å². The van der Waals surface area contributed by atoms with Gasteiger partial charge in [0.05, 0.1) is 19.8 Å². The van der Waals surface area contributed by atoms with Crippen molar-refractivity contribution in [3.63, 3.8) is 0 Å². The van der Waals surface area contributed by atoms with Crippen LogP contribution in [0.25, 0.3) is 0 Å². The number of thiophene rings is 1. The molecule has 4 nitrogen and oxygen atoms in total. The lowest BCUT2D eigenvalue weighted by molar-refractivity contribution is 0.273. The van der Waals surface area contributed by atoms with Crippen LogP contribution in [0.3, 0.4) is 0 Å². The smallest absolute Gasteiger partial charge is 0.124 e. The Balaban J connectivity index is 1.71. The molecule has 2 aromatic heterocycles. The molecule has 6 heteroatoms. The second-order valence-electron chi connectivity index (χ2n) is 5.44. The number of aliphatic hydroxyl groups excluding tert-OH is 1. The molecule has 0 spiro atoms. The van der Waals surface area contributed by atoms with Crippen molar-refractivity contribution in [2.75, 3.05) is 7.11 Å². The van der Waals surface area contributed by atoms with Gasteiger partial charge in [0.2, 0.25) is 0 Å². The van der Waals surface area contributed by atoms with Crippen LogP contribution >= 0.6 is 22.7 Å². The molecule has 0 amide bonds. The Morgan fingerprint density at radius 2 is 2.17 bits per heavy atom. The van der Waals surface area contributed by atoms with Crippen molar-refractivity contribution >= 4 is 22.7 Å². The van der Waals surface area contributed by atoms with Crippen molar-refractivity contribution in [1.82, 2.24) is 10.3 Å². The summed E-state index contributed by atoms with van der Waals surface area (Å²) in [5.41, 5.74) is 3.24. The highest BCUT2D eigenvalue weighted by atomic mass is 32.1. The van der Waals surface area contributed by atoms with Crippen molar-refractivity contribution in [3.8, 4) is 5.75 Å². The summed E-state index contributed by atoms with van der Waals surface area (Å²) >= 11 is 3.39. The molecule has 24 heavy (non-hydrogen) atoms. The summed E-state index contributed by atoms with van der Waals surface area (Å²) in [7, 11) is 1.62. The Hall–Kier alpha value is -1.73. The Labute approximate surface area is 149 Å². The summed E-state index contributed by atoms with van der Waals surface area (Å²) in [5, 5.41) is 20.4. The molecule has 0 aliphatic rings. The van der Waals surface area contributed by atoms with Gasteiger partial charge in [0.1, 0.15) is 10.8 Å². The highest BCUT2D eigenvalue weighted by molar-refractivity contribution is 7.09. The van der Waals surface area contributed by atoms with Crippen molar-refractivity contribution in [3.05, 3.63) is 68.3 Å². The Bertz CT molecular complexity index is 742. The minimum atomic E-state index is -0.0260. The Kier molecular flexibility index (Phi) is 5.98. The summed E-state index contributed by atoms with van der Waals surface area (Å²) < 4.78 is 5.26. The average Bonchev–Trinajstić information content (AvgIpc) is 3.31. The standard InChI is InChI=1S/C18H20N2O2S2/c1-22-17-3-2-13(8-15(17)11-21)10-20-16(18-19-5-7-24-18)9-14-4-6-23-12-14/h2-8,12,16,20-21H,9-11H2,1H3. The third kappa shape index (κ3) is 4.21. The number of nitrogens with zero attached hydrogens (tertiary/aromatic N) is 1. The van der Waals surface area contributed by atoms with Gasteiger partial charge >= 0.3 is 0 Å². The monoisotopic (exact) mass is 360 g/mol. The molecule has 0 aliphatic carbocycles. The van der Waals surface area contributed by atoms with E-state index in [0.717, 1.165) is 28.3 Å². The summed E-state index contributed by atoms with van der Waals surface area (Å²) in [5.74, 6) is 0.719. The van der Waals surface area contributed by atoms with E-state index in [1.165, 1.54) is 5.56 Å². The second kappa shape index (κ2) is 8.39. The summed E-state index contributed by atoms with van der Waals surface area (Å²) in [4.78, 5) is 4.47. The number of hydrogen-bond donors (Lipinski definition) is 2. The Morgan fingerprint density at radius 1 is 1.25 bits per heavy atom. The van der Waals surface area contributed by atoms with E-state index in [1.807, 2.05) is 29.8 Å². The van der Waals surface area contributed by atoms with Crippen molar-refractivity contribution in [2.45, 2.75) is 25.6 Å². The summed E-state index contributed by atoms with van der Waals surface area (Å²) in [6.07, 6.45) is 2.76. The van der Waals surface area contributed by atoms with E-state index in [1.54, 1.807) is 29.8 Å². The normalized spacial score (nSPS) is 12.2. The maximum Gasteiger partial charge on any atom is 0.124 e. The number of benzene rings is 1. The third-order valence-electron chi connectivity index (χ3n) is 3.84. The van der Waals surface area contributed by atoms with E-state index in [4.69, 9.17) is 4.74 Å². The molecule has 0 bridgehead atoms. The lowest BCUT2D eigenvalue weighted by Gasteiger charge is -2.17. The molecule has 1 atom stereocenters. The topological polar surface area (TPSA) is 54.4 Å². The van der Waals surface area contributed by atoms with Crippen LogP contribution in [-0.2, 0) is 19.6 Å². The van der Waals surface area contributed by atoms with Gasteiger partial charge in [-0.3, -0.25) is 0 Å². The van der Waals surface area contributed by atoms with Crippen LogP contribution in [0.4, 0.5) is 0 Å². The first-order valence-electron chi connectivity index (χ1n) is 7.70. The van der Waals surface area contributed by atoms with Crippen LogP contribution in [0.2, 0.25) is 0 Å². The third-order valence-corrected chi connectivity index (χ3v) is 5.46. The van der Waals surface area contributed by atoms with Crippen LogP contribution in [0.5, 0.6) is 5.75 Å². The fourth-order valence-electron chi connectivity index (χ4n) is 2.60. The van der Waals surface area contributed by atoms with Gasteiger partial charge in [0.15, 0.2) is 0 Å². The quantitative estimate of drug-likeness (QED) is 0.642. The summed E-state index contributed by atoms with van der Waals surface area (Å²) in [6, 6.07) is 8.24. The molecule has 2 N–H and O–H groups in total. The number of ether oxygens (including phenoxy) is 1. The van der Waals surface area contributed by atoms with Crippen LogP contribution in [-0.4, -0.2) is 17.2 Å². The number of nitrogens with one attached hydrogen (secondary N) is 1. The molecule has 0 saturated carbocycles. The minimum Gasteiger partial charge on any atom is -0.496 e. The number of rotatable bonds is 8. The lowest BCUT2D eigenvalue weighted by atomic mass is 10.1. The molecule has 126 valence electrons. The van der Waals surface area contributed by atoms with Crippen LogP contribution in [0.15, 0.2) is 46.6 Å². The molecule has 1 unspecified atom stereocenters. The van der Waals surface area contributed by atoms with Crippen molar-refractivity contribution in [1.29, 1.82) is 0 Å². The molecular weight excluding hydrogens is 340 g/mol. The molecule has 0 aliphatic heterocycles.